The number of aliphatic hydroxyl groups excluding tert-OH is 1. The third-order valence-electron chi connectivity index (χ3n) is 3.57. The number of thiophene rings is 1. The molecule has 0 aliphatic heterocycles. The molecule has 0 saturated carbocycles. The minimum atomic E-state index is -0.480. The average Bonchev–Trinajstić information content (AvgIpc) is 3.00. The fourth-order valence-electron chi connectivity index (χ4n) is 2.31. The standard InChI is InChI=1S/C17H17NO2S/c1-20-14-5-2-12(3-6-14)4-7-16(19)13-10-17-15(18-11-13)8-9-21-17/h2-3,5-6,8-11,16,19H,4,7H2,1H3. The molecule has 0 fully saturated rings. The number of nitrogens with zero attached hydrogens (tertiary/aromatic N) is 1. The summed E-state index contributed by atoms with van der Waals surface area (Å²) in [6, 6.07) is 12.0. The molecule has 3 aromatic rings. The maximum absolute atomic E-state index is 10.3. The van der Waals surface area contributed by atoms with E-state index in [0.29, 0.717) is 6.42 Å². The van der Waals surface area contributed by atoms with E-state index in [1.807, 2.05) is 41.8 Å². The second-order valence-corrected chi connectivity index (χ2v) is 5.92. The summed E-state index contributed by atoms with van der Waals surface area (Å²) in [7, 11) is 1.66. The largest absolute Gasteiger partial charge is 0.497 e. The minimum absolute atomic E-state index is 0.480. The number of hydrogen-bond donors (Lipinski definition) is 1. The van der Waals surface area contributed by atoms with Gasteiger partial charge in [-0.05, 0) is 48.1 Å². The molecule has 3 rings (SSSR count). The van der Waals surface area contributed by atoms with Crippen molar-refractivity contribution in [2.24, 2.45) is 0 Å². The summed E-state index contributed by atoms with van der Waals surface area (Å²) >= 11 is 1.65. The smallest absolute Gasteiger partial charge is 0.118 e. The molecular weight excluding hydrogens is 282 g/mol. The van der Waals surface area contributed by atoms with E-state index in [-0.39, 0.29) is 0 Å². The molecule has 2 aromatic heterocycles. The highest BCUT2D eigenvalue weighted by Crippen LogP contribution is 2.25. The number of pyridine rings is 1. The van der Waals surface area contributed by atoms with Crippen LogP contribution < -0.4 is 4.74 Å². The zero-order valence-electron chi connectivity index (χ0n) is 11.8. The number of rotatable bonds is 5. The van der Waals surface area contributed by atoms with Crippen molar-refractivity contribution in [3.05, 3.63) is 59.1 Å². The van der Waals surface area contributed by atoms with Crippen molar-refractivity contribution in [1.82, 2.24) is 4.98 Å². The number of methoxy groups -OCH3 is 1. The van der Waals surface area contributed by atoms with E-state index in [1.54, 1.807) is 24.6 Å². The molecule has 1 aromatic carbocycles. The lowest BCUT2D eigenvalue weighted by Gasteiger charge is -2.11. The van der Waals surface area contributed by atoms with Gasteiger partial charge in [-0.2, -0.15) is 0 Å². The van der Waals surface area contributed by atoms with Gasteiger partial charge in [0.15, 0.2) is 0 Å². The Morgan fingerprint density at radius 3 is 2.81 bits per heavy atom. The normalized spacial score (nSPS) is 12.5. The number of fused-ring (bicyclic) bond motifs is 1. The molecule has 0 aliphatic carbocycles. The number of benzene rings is 1. The highest BCUT2D eigenvalue weighted by molar-refractivity contribution is 7.17. The summed E-state index contributed by atoms with van der Waals surface area (Å²) in [6.07, 6.45) is 2.80. The Labute approximate surface area is 127 Å². The second kappa shape index (κ2) is 6.24. The molecule has 2 heterocycles. The van der Waals surface area contributed by atoms with Gasteiger partial charge in [-0.15, -0.1) is 11.3 Å². The summed E-state index contributed by atoms with van der Waals surface area (Å²) in [5.74, 6) is 0.853. The molecule has 1 unspecified atom stereocenters. The van der Waals surface area contributed by atoms with Gasteiger partial charge in [0.25, 0.3) is 0 Å². The van der Waals surface area contributed by atoms with Crippen LogP contribution in [-0.2, 0) is 6.42 Å². The van der Waals surface area contributed by atoms with Gasteiger partial charge in [0, 0.05) is 11.8 Å². The Balaban J connectivity index is 1.66. The predicted octanol–water partition coefficient (Wildman–Crippen LogP) is 3.97. The zero-order valence-corrected chi connectivity index (χ0v) is 12.6. The first-order valence-electron chi connectivity index (χ1n) is 6.90. The molecule has 0 radical (unpaired) electrons. The fourth-order valence-corrected chi connectivity index (χ4v) is 3.10. The average molecular weight is 299 g/mol. The summed E-state index contributed by atoms with van der Waals surface area (Å²) in [6.45, 7) is 0. The van der Waals surface area contributed by atoms with Crippen LogP contribution in [0.15, 0.2) is 48.0 Å². The van der Waals surface area contributed by atoms with E-state index in [4.69, 9.17) is 4.74 Å². The summed E-state index contributed by atoms with van der Waals surface area (Å²) in [5.41, 5.74) is 3.07. The number of aliphatic hydroxyl groups is 1. The lowest BCUT2D eigenvalue weighted by atomic mass is 10.0. The number of aromatic nitrogens is 1. The molecule has 0 spiro atoms. The van der Waals surface area contributed by atoms with Crippen LogP contribution in [0.1, 0.15) is 23.7 Å². The summed E-state index contributed by atoms with van der Waals surface area (Å²) in [4.78, 5) is 4.37. The van der Waals surface area contributed by atoms with E-state index in [1.165, 1.54) is 5.56 Å². The topological polar surface area (TPSA) is 42.4 Å². The van der Waals surface area contributed by atoms with Crippen LogP contribution in [0.3, 0.4) is 0 Å². The Kier molecular flexibility index (Phi) is 4.18. The first-order chi connectivity index (χ1) is 10.3. The van der Waals surface area contributed by atoms with Crippen LogP contribution in [0.4, 0.5) is 0 Å². The summed E-state index contributed by atoms with van der Waals surface area (Å²) < 4.78 is 6.26. The van der Waals surface area contributed by atoms with Crippen molar-refractivity contribution in [2.75, 3.05) is 7.11 Å². The van der Waals surface area contributed by atoms with Gasteiger partial charge in [0.2, 0.25) is 0 Å². The van der Waals surface area contributed by atoms with Crippen molar-refractivity contribution in [3.8, 4) is 5.75 Å². The van der Waals surface area contributed by atoms with E-state index in [0.717, 1.165) is 28.0 Å². The van der Waals surface area contributed by atoms with Crippen LogP contribution >= 0.6 is 11.3 Å². The first-order valence-corrected chi connectivity index (χ1v) is 7.78. The third-order valence-corrected chi connectivity index (χ3v) is 4.43. The highest BCUT2D eigenvalue weighted by atomic mass is 32.1. The molecule has 0 aliphatic rings. The van der Waals surface area contributed by atoms with E-state index < -0.39 is 6.10 Å². The van der Waals surface area contributed by atoms with Gasteiger partial charge in [0.05, 0.1) is 23.4 Å². The van der Waals surface area contributed by atoms with Crippen LogP contribution in [0.2, 0.25) is 0 Å². The quantitative estimate of drug-likeness (QED) is 0.775. The van der Waals surface area contributed by atoms with Crippen LogP contribution in [-0.4, -0.2) is 17.2 Å². The maximum Gasteiger partial charge on any atom is 0.118 e. The fraction of sp³-hybridized carbons (Fsp3) is 0.235. The predicted molar refractivity (Wildman–Crippen MR) is 85.9 cm³/mol. The van der Waals surface area contributed by atoms with Crippen LogP contribution in [0.5, 0.6) is 5.75 Å². The number of hydrogen-bond acceptors (Lipinski definition) is 4. The van der Waals surface area contributed by atoms with Crippen molar-refractivity contribution in [2.45, 2.75) is 18.9 Å². The van der Waals surface area contributed by atoms with Crippen LogP contribution in [0.25, 0.3) is 10.2 Å². The molecular formula is C17H17NO2S. The minimum Gasteiger partial charge on any atom is -0.497 e. The van der Waals surface area contributed by atoms with E-state index in [2.05, 4.69) is 4.98 Å². The van der Waals surface area contributed by atoms with Gasteiger partial charge in [-0.3, -0.25) is 4.98 Å². The van der Waals surface area contributed by atoms with Crippen LogP contribution in [0, 0.1) is 0 Å². The molecule has 1 atom stereocenters. The van der Waals surface area contributed by atoms with Gasteiger partial charge in [-0.25, -0.2) is 0 Å². The highest BCUT2D eigenvalue weighted by Gasteiger charge is 2.10. The Hall–Kier alpha value is -1.91. The lowest BCUT2D eigenvalue weighted by molar-refractivity contribution is 0.167. The van der Waals surface area contributed by atoms with Gasteiger partial charge in [0.1, 0.15) is 5.75 Å². The molecule has 1 N–H and O–H groups in total. The lowest BCUT2D eigenvalue weighted by Crippen LogP contribution is -2.00. The van der Waals surface area contributed by atoms with E-state index >= 15 is 0 Å². The van der Waals surface area contributed by atoms with Crippen molar-refractivity contribution in [1.29, 1.82) is 0 Å². The monoisotopic (exact) mass is 299 g/mol. The SMILES string of the molecule is COc1ccc(CCC(O)c2cnc3ccsc3c2)cc1. The molecule has 108 valence electrons. The maximum atomic E-state index is 10.3. The molecule has 4 heteroatoms. The molecule has 21 heavy (non-hydrogen) atoms. The zero-order chi connectivity index (χ0) is 14.7. The third kappa shape index (κ3) is 3.23. The Bertz CT molecular complexity index is 721. The number of aryl methyl sites for hydroxylation is 1. The van der Waals surface area contributed by atoms with Crippen molar-refractivity contribution >= 4 is 21.6 Å². The van der Waals surface area contributed by atoms with Crippen molar-refractivity contribution in [3.63, 3.8) is 0 Å². The van der Waals surface area contributed by atoms with E-state index in [9.17, 15) is 5.11 Å². The van der Waals surface area contributed by atoms with Gasteiger partial charge < -0.3 is 9.84 Å². The summed E-state index contributed by atoms with van der Waals surface area (Å²) in [5, 5.41) is 12.3. The Morgan fingerprint density at radius 1 is 1.24 bits per heavy atom. The first kappa shape index (κ1) is 14.0. The van der Waals surface area contributed by atoms with Gasteiger partial charge in [-0.1, -0.05) is 12.1 Å². The molecule has 0 amide bonds. The number of ether oxygens (including phenoxy) is 1. The van der Waals surface area contributed by atoms with Crippen molar-refractivity contribution < 1.29 is 9.84 Å². The second-order valence-electron chi connectivity index (χ2n) is 4.98. The molecule has 3 nitrogen and oxygen atoms in total. The Morgan fingerprint density at radius 2 is 2.05 bits per heavy atom. The van der Waals surface area contributed by atoms with Gasteiger partial charge >= 0.3 is 0 Å². The molecule has 0 saturated heterocycles. The molecule has 0 bridgehead atoms.